The Morgan fingerprint density at radius 1 is 1.00 bits per heavy atom. The highest BCUT2D eigenvalue weighted by Gasteiger charge is 2.23. The van der Waals surface area contributed by atoms with Crippen LogP contribution in [0, 0.1) is 13.8 Å². The zero-order chi connectivity index (χ0) is 30.0. The zero-order valence-electron chi connectivity index (χ0n) is 25.0. The lowest BCUT2D eigenvalue weighted by molar-refractivity contribution is 0.249. The number of methoxy groups -OCH3 is 1. The van der Waals surface area contributed by atoms with Crippen LogP contribution < -0.4 is 20.3 Å². The zero-order valence-corrected chi connectivity index (χ0v) is 25.8. The number of anilines is 5. The topological polar surface area (TPSA) is 125 Å². The number of nitrogens with zero attached hydrogens (tertiary/aromatic N) is 6. The van der Waals surface area contributed by atoms with Crippen LogP contribution in [-0.2, 0) is 15.6 Å². The summed E-state index contributed by atoms with van der Waals surface area (Å²) >= 11 is 0. The van der Waals surface area contributed by atoms with E-state index in [2.05, 4.69) is 68.5 Å². The van der Waals surface area contributed by atoms with E-state index in [4.69, 9.17) is 9.72 Å². The predicted molar refractivity (Wildman–Crippen MR) is 168 cm³/mol. The Morgan fingerprint density at radius 3 is 2.43 bits per heavy atom. The molecule has 1 saturated heterocycles. The molecule has 0 saturated carbocycles. The van der Waals surface area contributed by atoms with E-state index in [1.54, 1.807) is 31.8 Å². The van der Waals surface area contributed by atoms with Crippen molar-refractivity contribution in [3.63, 3.8) is 0 Å². The number of fused-ring (bicyclic) bond motifs is 1. The summed E-state index contributed by atoms with van der Waals surface area (Å²) in [5.74, 6) is 1.44. The van der Waals surface area contributed by atoms with Gasteiger partial charge in [-0.05, 0) is 64.5 Å². The second-order valence-electron chi connectivity index (χ2n) is 11.1. The van der Waals surface area contributed by atoms with Gasteiger partial charge in [-0.1, -0.05) is 0 Å². The van der Waals surface area contributed by atoms with Gasteiger partial charge in [-0.15, -0.1) is 0 Å². The summed E-state index contributed by atoms with van der Waals surface area (Å²) in [4.78, 5) is 22.7. The molecule has 222 valence electrons. The van der Waals surface area contributed by atoms with E-state index >= 15 is 0 Å². The second kappa shape index (κ2) is 12.1. The van der Waals surface area contributed by atoms with E-state index in [9.17, 15) is 8.42 Å². The Morgan fingerprint density at radius 2 is 1.74 bits per heavy atom. The van der Waals surface area contributed by atoms with Crippen molar-refractivity contribution >= 4 is 49.7 Å². The summed E-state index contributed by atoms with van der Waals surface area (Å²) in [5, 5.41) is 6.64. The quantitative estimate of drug-likeness (QED) is 0.284. The molecule has 2 aromatic heterocycles. The number of hydrogen-bond acceptors (Lipinski definition) is 11. The van der Waals surface area contributed by atoms with Crippen LogP contribution in [0.4, 0.5) is 28.8 Å². The van der Waals surface area contributed by atoms with Crippen molar-refractivity contribution in [1.82, 2.24) is 24.8 Å². The molecule has 5 rings (SSSR count). The van der Waals surface area contributed by atoms with Crippen LogP contribution in [-0.4, -0.2) is 79.8 Å². The summed E-state index contributed by atoms with van der Waals surface area (Å²) in [6, 6.07) is 8.36. The first kappa shape index (κ1) is 29.5. The van der Waals surface area contributed by atoms with Gasteiger partial charge < -0.3 is 25.2 Å². The van der Waals surface area contributed by atoms with Gasteiger partial charge in [0.05, 0.1) is 29.6 Å². The Labute approximate surface area is 247 Å². The van der Waals surface area contributed by atoms with E-state index < -0.39 is 9.84 Å². The number of ether oxygens (including phenoxy) is 1. The normalized spacial score (nSPS) is 14.4. The summed E-state index contributed by atoms with van der Waals surface area (Å²) in [7, 11) is 2.61. The molecule has 1 aliphatic heterocycles. The molecule has 0 radical (unpaired) electrons. The third-order valence-electron chi connectivity index (χ3n) is 7.68. The number of hydrogen-bond donors (Lipinski definition) is 2. The molecule has 0 bridgehead atoms. The van der Waals surface area contributed by atoms with E-state index in [0.717, 1.165) is 42.7 Å². The summed E-state index contributed by atoms with van der Waals surface area (Å²) < 4.78 is 30.4. The highest BCUT2D eigenvalue weighted by molar-refractivity contribution is 7.89. The standard InChI is InChI=1S/C30H38N8O3S/c1-19-15-25(27(41-5)16-26(19)38-13-9-21(10-14-38)37(3)4)35-30-33-17-20(2)29(36-30)34-23-7-8-24-28(32-12-11-31-24)22(23)18-42(6,39)40/h7-8,11-12,15-17,21H,9-10,13-14,18H2,1-6H3,(H2,33,34,35,36). The molecule has 4 aromatic rings. The van der Waals surface area contributed by atoms with E-state index in [0.29, 0.717) is 45.8 Å². The molecule has 2 aromatic carbocycles. The predicted octanol–water partition coefficient (Wildman–Crippen LogP) is 4.61. The third-order valence-corrected chi connectivity index (χ3v) is 8.49. The molecule has 2 N–H and O–H groups in total. The van der Waals surface area contributed by atoms with Gasteiger partial charge in [0.2, 0.25) is 5.95 Å². The highest BCUT2D eigenvalue weighted by atomic mass is 32.2. The lowest BCUT2D eigenvalue weighted by Crippen LogP contribution is -2.42. The SMILES string of the molecule is COc1cc(N2CCC(N(C)C)CC2)c(C)cc1Nc1ncc(C)c(Nc2ccc3nccnc3c2CS(C)(=O)=O)n1. The lowest BCUT2D eigenvalue weighted by atomic mass is 10.0. The van der Waals surface area contributed by atoms with Crippen molar-refractivity contribution in [1.29, 1.82) is 0 Å². The van der Waals surface area contributed by atoms with Crippen molar-refractivity contribution in [3.05, 3.63) is 59.5 Å². The van der Waals surface area contributed by atoms with Crippen LogP contribution in [0.1, 0.15) is 29.5 Å². The number of nitrogens with one attached hydrogen (secondary N) is 2. The van der Waals surface area contributed by atoms with Crippen LogP contribution in [0.2, 0.25) is 0 Å². The van der Waals surface area contributed by atoms with Crippen molar-refractivity contribution in [3.8, 4) is 5.75 Å². The first-order chi connectivity index (χ1) is 20.0. The lowest BCUT2D eigenvalue weighted by Gasteiger charge is -2.37. The molecule has 1 fully saturated rings. The Hall–Kier alpha value is -4.03. The van der Waals surface area contributed by atoms with Gasteiger partial charge in [0.25, 0.3) is 0 Å². The van der Waals surface area contributed by atoms with E-state index in [1.807, 2.05) is 13.0 Å². The monoisotopic (exact) mass is 590 g/mol. The van der Waals surface area contributed by atoms with Gasteiger partial charge in [0, 0.05) is 72.5 Å². The first-order valence-corrected chi connectivity index (χ1v) is 16.0. The fourth-order valence-corrected chi connectivity index (χ4v) is 6.22. The van der Waals surface area contributed by atoms with Gasteiger partial charge in [-0.25, -0.2) is 13.4 Å². The van der Waals surface area contributed by atoms with Crippen molar-refractivity contribution in [2.45, 2.75) is 38.5 Å². The first-order valence-electron chi connectivity index (χ1n) is 13.9. The number of aromatic nitrogens is 4. The molecule has 11 nitrogen and oxygen atoms in total. The van der Waals surface area contributed by atoms with Gasteiger partial charge in [-0.3, -0.25) is 9.97 Å². The molecule has 0 atom stereocenters. The molecular formula is C30H38N8O3S. The summed E-state index contributed by atoms with van der Waals surface area (Å²) in [6.07, 6.45) is 8.31. The highest BCUT2D eigenvalue weighted by Crippen LogP contribution is 2.36. The van der Waals surface area contributed by atoms with Gasteiger partial charge in [0.15, 0.2) is 9.84 Å². The molecule has 0 aliphatic carbocycles. The molecular weight excluding hydrogens is 552 g/mol. The molecule has 12 heteroatoms. The van der Waals surface area contributed by atoms with Crippen LogP contribution in [0.15, 0.2) is 42.9 Å². The van der Waals surface area contributed by atoms with Crippen LogP contribution in [0.3, 0.4) is 0 Å². The summed E-state index contributed by atoms with van der Waals surface area (Å²) in [6.45, 7) is 5.99. The molecule has 0 spiro atoms. The summed E-state index contributed by atoms with van der Waals surface area (Å²) in [5.41, 5.74) is 6.14. The molecule has 42 heavy (non-hydrogen) atoms. The van der Waals surface area contributed by atoms with Gasteiger partial charge >= 0.3 is 0 Å². The van der Waals surface area contributed by atoms with Gasteiger partial charge in [0.1, 0.15) is 11.6 Å². The number of sulfone groups is 1. The minimum absolute atomic E-state index is 0.184. The Kier molecular flexibility index (Phi) is 8.46. The minimum atomic E-state index is -3.35. The van der Waals surface area contributed by atoms with Crippen molar-refractivity contribution in [2.75, 3.05) is 56.1 Å². The minimum Gasteiger partial charge on any atom is -0.494 e. The number of benzene rings is 2. The fraction of sp³-hybridized carbons (Fsp3) is 0.400. The van der Waals surface area contributed by atoms with Crippen LogP contribution >= 0.6 is 0 Å². The average Bonchev–Trinajstić information content (AvgIpc) is 2.95. The number of rotatable bonds is 9. The molecule has 1 aliphatic rings. The van der Waals surface area contributed by atoms with Crippen LogP contribution in [0.25, 0.3) is 11.0 Å². The van der Waals surface area contributed by atoms with E-state index in [-0.39, 0.29) is 5.75 Å². The number of aryl methyl sites for hydroxylation is 2. The van der Waals surface area contributed by atoms with Crippen LogP contribution in [0.5, 0.6) is 5.75 Å². The maximum absolute atomic E-state index is 12.3. The van der Waals surface area contributed by atoms with Crippen molar-refractivity contribution < 1.29 is 13.2 Å². The maximum Gasteiger partial charge on any atom is 0.229 e. The van der Waals surface area contributed by atoms with Crippen molar-refractivity contribution in [2.24, 2.45) is 0 Å². The number of piperidine rings is 1. The fourth-order valence-electron chi connectivity index (χ4n) is 5.40. The average molecular weight is 591 g/mol. The third kappa shape index (κ3) is 6.55. The smallest absolute Gasteiger partial charge is 0.229 e. The Bertz CT molecular complexity index is 1700. The maximum atomic E-state index is 12.3. The largest absolute Gasteiger partial charge is 0.494 e. The van der Waals surface area contributed by atoms with E-state index in [1.165, 1.54) is 11.9 Å². The molecule has 0 amide bonds. The van der Waals surface area contributed by atoms with Gasteiger partial charge in [-0.2, -0.15) is 4.98 Å². The second-order valence-corrected chi connectivity index (χ2v) is 13.2. The Balaban J connectivity index is 1.42. The molecule has 3 heterocycles. The molecule has 0 unspecified atom stereocenters.